The van der Waals surface area contributed by atoms with E-state index in [1.807, 2.05) is 13.8 Å². The van der Waals surface area contributed by atoms with Crippen LogP contribution in [0.4, 0.5) is 0 Å². The zero-order valence-electron chi connectivity index (χ0n) is 10.3. The Balaban J connectivity index is 1.95. The van der Waals surface area contributed by atoms with Crippen LogP contribution in [-0.4, -0.2) is 35.3 Å². The number of ether oxygens (including phenoxy) is 2. The van der Waals surface area contributed by atoms with Crippen LogP contribution in [0.3, 0.4) is 0 Å². The largest absolute Gasteiger partial charge is 0.475 e. The molecule has 1 aliphatic heterocycles. The van der Waals surface area contributed by atoms with Crippen LogP contribution in [0.15, 0.2) is 12.4 Å². The predicted molar refractivity (Wildman–Crippen MR) is 64.3 cm³/mol. The van der Waals surface area contributed by atoms with Gasteiger partial charge < -0.3 is 14.8 Å². The van der Waals surface area contributed by atoms with Crippen molar-refractivity contribution in [3.8, 4) is 11.8 Å². The van der Waals surface area contributed by atoms with Gasteiger partial charge in [-0.1, -0.05) is 0 Å². The summed E-state index contributed by atoms with van der Waals surface area (Å²) < 4.78 is 11.3. The molecule has 2 rings (SSSR count). The first-order valence-electron chi connectivity index (χ1n) is 6.10. The maximum atomic E-state index is 5.78. The third kappa shape index (κ3) is 3.85. The van der Waals surface area contributed by atoms with Crippen molar-refractivity contribution in [1.82, 2.24) is 15.3 Å². The Bertz CT molecular complexity index is 351. The molecule has 0 amide bonds. The highest BCUT2D eigenvalue weighted by Gasteiger charge is 2.15. The Morgan fingerprint density at radius 2 is 2.18 bits per heavy atom. The standard InChI is InChI=1S/C12H19N3O2/c1-9(2)16-11-6-12(15-8-14-11)17-10-4-3-5-13-7-10/h6,8-10,13H,3-5,7H2,1-2H3. The summed E-state index contributed by atoms with van der Waals surface area (Å²) in [5.41, 5.74) is 0. The summed E-state index contributed by atoms with van der Waals surface area (Å²) in [5, 5.41) is 3.30. The fourth-order valence-electron chi connectivity index (χ4n) is 1.78. The minimum atomic E-state index is 0.106. The number of hydrogen-bond donors (Lipinski definition) is 1. The van der Waals surface area contributed by atoms with E-state index in [0.717, 1.165) is 25.9 Å². The van der Waals surface area contributed by atoms with Crippen molar-refractivity contribution in [3.05, 3.63) is 12.4 Å². The number of nitrogens with zero attached hydrogens (tertiary/aromatic N) is 2. The van der Waals surface area contributed by atoms with Gasteiger partial charge in [0.2, 0.25) is 11.8 Å². The van der Waals surface area contributed by atoms with Gasteiger partial charge in [0, 0.05) is 6.54 Å². The molecule has 1 aromatic heterocycles. The zero-order chi connectivity index (χ0) is 12.1. The Morgan fingerprint density at radius 1 is 1.35 bits per heavy atom. The van der Waals surface area contributed by atoms with Crippen molar-refractivity contribution in [2.24, 2.45) is 0 Å². The maximum absolute atomic E-state index is 5.78. The molecule has 0 saturated carbocycles. The number of aromatic nitrogens is 2. The second-order valence-corrected chi connectivity index (χ2v) is 4.45. The molecule has 17 heavy (non-hydrogen) atoms. The molecule has 94 valence electrons. The van der Waals surface area contributed by atoms with E-state index in [1.54, 1.807) is 6.07 Å². The van der Waals surface area contributed by atoms with E-state index in [-0.39, 0.29) is 12.2 Å². The Morgan fingerprint density at radius 3 is 2.88 bits per heavy atom. The Hall–Kier alpha value is -1.36. The molecule has 1 fully saturated rings. The van der Waals surface area contributed by atoms with Crippen LogP contribution < -0.4 is 14.8 Å². The highest BCUT2D eigenvalue weighted by atomic mass is 16.5. The van der Waals surface area contributed by atoms with Gasteiger partial charge >= 0.3 is 0 Å². The molecule has 5 nitrogen and oxygen atoms in total. The van der Waals surface area contributed by atoms with Crippen molar-refractivity contribution in [2.45, 2.75) is 38.9 Å². The van der Waals surface area contributed by atoms with Crippen molar-refractivity contribution in [3.63, 3.8) is 0 Å². The minimum Gasteiger partial charge on any atom is -0.475 e. The maximum Gasteiger partial charge on any atom is 0.220 e. The van der Waals surface area contributed by atoms with Gasteiger partial charge in [0.25, 0.3) is 0 Å². The summed E-state index contributed by atoms with van der Waals surface area (Å²) in [6.45, 7) is 5.89. The third-order valence-corrected chi connectivity index (χ3v) is 2.51. The molecule has 1 N–H and O–H groups in total. The summed E-state index contributed by atoms with van der Waals surface area (Å²) in [5.74, 6) is 1.15. The lowest BCUT2D eigenvalue weighted by atomic mass is 10.1. The van der Waals surface area contributed by atoms with Gasteiger partial charge in [-0.05, 0) is 33.2 Å². The van der Waals surface area contributed by atoms with Crippen molar-refractivity contribution < 1.29 is 9.47 Å². The lowest BCUT2D eigenvalue weighted by Gasteiger charge is -2.23. The smallest absolute Gasteiger partial charge is 0.220 e. The van der Waals surface area contributed by atoms with Crippen molar-refractivity contribution in [1.29, 1.82) is 0 Å². The summed E-state index contributed by atoms with van der Waals surface area (Å²) >= 11 is 0. The molecular formula is C12H19N3O2. The first-order chi connectivity index (χ1) is 8.24. The molecule has 1 aromatic rings. The summed E-state index contributed by atoms with van der Waals surface area (Å²) in [6.07, 6.45) is 3.99. The Labute approximate surface area is 102 Å². The molecular weight excluding hydrogens is 218 g/mol. The highest BCUT2D eigenvalue weighted by Crippen LogP contribution is 2.17. The molecule has 0 spiro atoms. The number of piperidine rings is 1. The SMILES string of the molecule is CC(C)Oc1cc(OC2CCCNC2)ncn1. The van der Waals surface area contributed by atoms with Gasteiger partial charge in [-0.15, -0.1) is 0 Å². The second-order valence-electron chi connectivity index (χ2n) is 4.45. The second kappa shape index (κ2) is 5.82. The monoisotopic (exact) mass is 237 g/mol. The zero-order valence-corrected chi connectivity index (χ0v) is 10.3. The number of hydrogen-bond acceptors (Lipinski definition) is 5. The lowest BCUT2D eigenvalue weighted by Crippen LogP contribution is -2.37. The van der Waals surface area contributed by atoms with E-state index >= 15 is 0 Å². The molecule has 1 unspecified atom stereocenters. The van der Waals surface area contributed by atoms with Gasteiger partial charge in [0.1, 0.15) is 12.4 Å². The molecule has 0 bridgehead atoms. The molecule has 5 heteroatoms. The first-order valence-corrected chi connectivity index (χ1v) is 6.10. The van der Waals surface area contributed by atoms with Gasteiger partial charge in [0.05, 0.1) is 12.2 Å². The first kappa shape index (κ1) is 12.1. The van der Waals surface area contributed by atoms with Crippen LogP contribution in [0.25, 0.3) is 0 Å². The van der Waals surface area contributed by atoms with Crippen LogP contribution in [0.1, 0.15) is 26.7 Å². The summed E-state index contributed by atoms with van der Waals surface area (Å²) in [7, 11) is 0. The molecule has 1 atom stereocenters. The van der Waals surface area contributed by atoms with Crippen molar-refractivity contribution in [2.75, 3.05) is 13.1 Å². The minimum absolute atomic E-state index is 0.106. The van der Waals surface area contributed by atoms with Gasteiger partial charge in [-0.2, -0.15) is 0 Å². The number of rotatable bonds is 4. The quantitative estimate of drug-likeness (QED) is 0.857. The fraction of sp³-hybridized carbons (Fsp3) is 0.667. The third-order valence-electron chi connectivity index (χ3n) is 2.51. The average molecular weight is 237 g/mol. The van der Waals surface area contributed by atoms with Crippen LogP contribution in [-0.2, 0) is 0 Å². The van der Waals surface area contributed by atoms with Crippen LogP contribution in [0, 0.1) is 0 Å². The topological polar surface area (TPSA) is 56.3 Å². The molecule has 0 aliphatic carbocycles. The number of nitrogens with one attached hydrogen (secondary N) is 1. The summed E-state index contributed by atoms with van der Waals surface area (Å²) in [4.78, 5) is 8.14. The fourth-order valence-corrected chi connectivity index (χ4v) is 1.78. The molecule has 0 radical (unpaired) electrons. The van der Waals surface area contributed by atoms with E-state index in [9.17, 15) is 0 Å². The Kier molecular flexibility index (Phi) is 4.14. The van der Waals surface area contributed by atoms with Gasteiger partial charge in [-0.25, -0.2) is 9.97 Å². The summed E-state index contributed by atoms with van der Waals surface area (Å²) in [6, 6.07) is 1.74. The predicted octanol–water partition coefficient (Wildman–Crippen LogP) is 1.39. The van der Waals surface area contributed by atoms with E-state index in [4.69, 9.17) is 9.47 Å². The van der Waals surface area contributed by atoms with Crippen LogP contribution in [0.5, 0.6) is 11.8 Å². The van der Waals surface area contributed by atoms with E-state index < -0.39 is 0 Å². The lowest BCUT2D eigenvalue weighted by molar-refractivity contribution is 0.158. The van der Waals surface area contributed by atoms with Gasteiger partial charge in [0.15, 0.2) is 0 Å². The molecule has 1 aliphatic rings. The molecule has 1 saturated heterocycles. The van der Waals surface area contributed by atoms with Gasteiger partial charge in [-0.3, -0.25) is 0 Å². The van der Waals surface area contributed by atoms with Crippen LogP contribution in [0.2, 0.25) is 0 Å². The van der Waals surface area contributed by atoms with Crippen molar-refractivity contribution >= 4 is 0 Å². The van der Waals surface area contributed by atoms with Crippen LogP contribution >= 0.6 is 0 Å². The van der Waals surface area contributed by atoms with E-state index in [2.05, 4.69) is 15.3 Å². The highest BCUT2D eigenvalue weighted by molar-refractivity contribution is 5.18. The van der Waals surface area contributed by atoms with E-state index in [1.165, 1.54) is 6.33 Å². The average Bonchev–Trinajstić information content (AvgIpc) is 2.30. The molecule has 0 aromatic carbocycles. The molecule has 2 heterocycles. The normalized spacial score (nSPS) is 20.3. The van der Waals surface area contributed by atoms with E-state index in [0.29, 0.717) is 11.8 Å².